The Morgan fingerprint density at radius 3 is 2.00 bits per heavy atom. The highest BCUT2D eigenvalue weighted by atomic mass is 16.6. The van der Waals surface area contributed by atoms with Crippen LogP contribution in [0.1, 0.15) is 33.3 Å². The normalized spacial score (nSPS) is 13.6. The van der Waals surface area contributed by atoms with Crippen molar-refractivity contribution < 1.29 is 34.4 Å². The van der Waals surface area contributed by atoms with Gasteiger partial charge in [-0.1, -0.05) is 12.1 Å². The highest BCUT2D eigenvalue weighted by Gasteiger charge is 2.39. The minimum atomic E-state index is -1.44. The lowest BCUT2D eigenvalue weighted by Gasteiger charge is -2.34. The summed E-state index contributed by atoms with van der Waals surface area (Å²) < 4.78 is 5.18. The van der Waals surface area contributed by atoms with Crippen molar-refractivity contribution in [3.63, 3.8) is 0 Å². The zero-order chi connectivity index (χ0) is 19.4. The topological polar surface area (TPSA) is 124 Å². The van der Waals surface area contributed by atoms with Crippen LogP contribution in [-0.4, -0.2) is 55.9 Å². The van der Waals surface area contributed by atoms with Gasteiger partial charge in [0.2, 0.25) is 0 Å². The van der Waals surface area contributed by atoms with Gasteiger partial charge >= 0.3 is 18.0 Å². The molecule has 0 aliphatic heterocycles. The third-order valence-electron chi connectivity index (χ3n) is 3.37. The number of carbonyl (C=O) groups excluding carboxylic acids is 1. The lowest BCUT2D eigenvalue weighted by atomic mass is 10.0. The van der Waals surface area contributed by atoms with E-state index in [0.717, 1.165) is 0 Å². The predicted molar refractivity (Wildman–Crippen MR) is 88.4 cm³/mol. The molecular weight excluding hydrogens is 330 g/mol. The summed E-state index contributed by atoms with van der Waals surface area (Å²) in [5, 5.41) is 28.1. The minimum absolute atomic E-state index is 0.0125. The number of phenols is 1. The fourth-order valence-electron chi connectivity index (χ4n) is 2.15. The van der Waals surface area contributed by atoms with Crippen molar-refractivity contribution in [3.05, 3.63) is 29.8 Å². The average Bonchev–Trinajstić information content (AvgIpc) is 2.46. The van der Waals surface area contributed by atoms with Gasteiger partial charge in [-0.2, -0.15) is 0 Å². The second-order valence-corrected chi connectivity index (χ2v) is 6.63. The molecule has 1 aromatic rings. The van der Waals surface area contributed by atoms with E-state index in [2.05, 4.69) is 0 Å². The lowest BCUT2D eigenvalue weighted by molar-refractivity contribution is -0.149. The van der Waals surface area contributed by atoms with E-state index in [1.165, 1.54) is 31.2 Å². The number of amides is 1. The SMILES string of the molecule is CC(C(=O)O)N(C(=O)OC(C)(C)C)[C@@H](Cc1ccc(O)cc1)C(=O)O. The first-order chi connectivity index (χ1) is 11.4. The second-order valence-electron chi connectivity index (χ2n) is 6.63. The summed E-state index contributed by atoms with van der Waals surface area (Å²) in [4.78, 5) is 36.2. The number of hydrogen-bond donors (Lipinski definition) is 3. The largest absolute Gasteiger partial charge is 0.508 e. The van der Waals surface area contributed by atoms with Gasteiger partial charge in [0.25, 0.3) is 0 Å². The van der Waals surface area contributed by atoms with E-state index in [0.29, 0.717) is 10.5 Å². The monoisotopic (exact) mass is 353 g/mol. The summed E-state index contributed by atoms with van der Waals surface area (Å²) in [6, 6.07) is 2.94. The van der Waals surface area contributed by atoms with Crippen molar-refractivity contribution in [3.8, 4) is 5.75 Å². The molecule has 0 heterocycles. The van der Waals surface area contributed by atoms with E-state index in [9.17, 15) is 29.7 Å². The molecule has 0 fully saturated rings. The van der Waals surface area contributed by atoms with Gasteiger partial charge in [0.15, 0.2) is 0 Å². The first-order valence-corrected chi connectivity index (χ1v) is 7.67. The van der Waals surface area contributed by atoms with Gasteiger partial charge < -0.3 is 20.1 Å². The smallest absolute Gasteiger partial charge is 0.411 e. The summed E-state index contributed by atoms with van der Waals surface area (Å²) in [6.07, 6.45) is -1.15. The molecule has 3 N–H and O–H groups in total. The fourth-order valence-corrected chi connectivity index (χ4v) is 2.15. The van der Waals surface area contributed by atoms with Gasteiger partial charge in [-0.25, -0.2) is 14.4 Å². The lowest BCUT2D eigenvalue weighted by Crippen LogP contribution is -2.54. The number of ether oxygens (including phenoxy) is 1. The van der Waals surface area contributed by atoms with Crippen LogP contribution in [0, 0.1) is 0 Å². The molecule has 1 amide bonds. The number of carbonyl (C=O) groups is 3. The number of aliphatic carboxylic acids is 2. The van der Waals surface area contributed by atoms with Crippen molar-refractivity contribution in [1.29, 1.82) is 0 Å². The van der Waals surface area contributed by atoms with Crippen molar-refractivity contribution in [2.75, 3.05) is 0 Å². The maximum Gasteiger partial charge on any atom is 0.411 e. The van der Waals surface area contributed by atoms with Crippen LogP contribution in [0.3, 0.4) is 0 Å². The summed E-state index contributed by atoms with van der Waals surface area (Å²) in [5.74, 6) is -2.69. The molecule has 2 atom stereocenters. The summed E-state index contributed by atoms with van der Waals surface area (Å²) in [6.45, 7) is 6.03. The first kappa shape index (κ1) is 20.3. The van der Waals surface area contributed by atoms with Crippen molar-refractivity contribution in [2.45, 2.75) is 51.8 Å². The molecule has 0 bridgehead atoms. The Kier molecular flexibility index (Phi) is 6.38. The average molecular weight is 353 g/mol. The Bertz CT molecular complexity index is 633. The number of hydrogen-bond acceptors (Lipinski definition) is 5. The minimum Gasteiger partial charge on any atom is -0.508 e. The molecule has 0 saturated carbocycles. The summed E-state index contributed by atoms with van der Waals surface area (Å²) >= 11 is 0. The number of aromatic hydroxyl groups is 1. The Morgan fingerprint density at radius 1 is 1.08 bits per heavy atom. The summed E-state index contributed by atoms with van der Waals surface area (Å²) in [7, 11) is 0. The van der Waals surface area contributed by atoms with E-state index >= 15 is 0 Å². The predicted octanol–water partition coefficient (Wildman–Crippen LogP) is 2.10. The molecule has 0 aliphatic rings. The maximum atomic E-state index is 12.4. The van der Waals surface area contributed by atoms with Crippen LogP contribution in [-0.2, 0) is 20.7 Å². The highest BCUT2D eigenvalue weighted by molar-refractivity contribution is 5.85. The number of phenolic OH excluding ortho intramolecular Hbond substituents is 1. The van der Waals surface area contributed by atoms with E-state index in [4.69, 9.17) is 4.74 Å². The molecule has 8 heteroatoms. The molecule has 0 radical (unpaired) electrons. The van der Waals surface area contributed by atoms with Crippen LogP contribution < -0.4 is 0 Å². The number of rotatable bonds is 6. The highest BCUT2D eigenvalue weighted by Crippen LogP contribution is 2.19. The molecule has 1 rings (SSSR count). The molecular formula is C17H23NO7. The zero-order valence-electron chi connectivity index (χ0n) is 14.6. The van der Waals surface area contributed by atoms with Crippen LogP contribution in [0.4, 0.5) is 4.79 Å². The number of benzene rings is 1. The van der Waals surface area contributed by atoms with Gasteiger partial charge in [-0.05, 0) is 45.4 Å². The molecule has 25 heavy (non-hydrogen) atoms. The van der Waals surface area contributed by atoms with Crippen LogP contribution >= 0.6 is 0 Å². The van der Waals surface area contributed by atoms with Gasteiger partial charge in [-0.3, -0.25) is 4.90 Å². The number of nitrogens with zero attached hydrogens (tertiary/aromatic N) is 1. The molecule has 0 saturated heterocycles. The third kappa shape index (κ3) is 5.98. The van der Waals surface area contributed by atoms with Gasteiger partial charge in [-0.15, -0.1) is 0 Å². The van der Waals surface area contributed by atoms with Crippen molar-refractivity contribution in [2.24, 2.45) is 0 Å². The second kappa shape index (κ2) is 7.87. The van der Waals surface area contributed by atoms with Crippen LogP contribution in [0.25, 0.3) is 0 Å². The Balaban J connectivity index is 3.20. The zero-order valence-corrected chi connectivity index (χ0v) is 14.6. The van der Waals surface area contributed by atoms with E-state index in [-0.39, 0.29) is 12.2 Å². The van der Waals surface area contributed by atoms with Crippen LogP contribution in [0.2, 0.25) is 0 Å². The Labute approximate surface area is 145 Å². The van der Waals surface area contributed by atoms with Gasteiger partial charge in [0.05, 0.1) is 0 Å². The van der Waals surface area contributed by atoms with Crippen LogP contribution in [0.5, 0.6) is 5.75 Å². The summed E-state index contributed by atoms with van der Waals surface area (Å²) in [5.41, 5.74) is -0.383. The number of carboxylic acid groups (broad SMARTS) is 2. The molecule has 1 unspecified atom stereocenters. The van der Waals surface area contributed by atoms with Crippen molar-refractivity contribution in [1.82, 2.24) is 4.90 Å². The molecule has 0 aromatic heterocycles. The van der Waals surface area contributed by atoms with E-state index in [1.54, 1.807) is 20.8 Å². The van der Waals surface area contributed by atoms with Crippen molar-refractivity contribution >= 4 is 18.0 Å². The molecule has 1 aromatic carbocycles. The first-order valence-electron chi connectivity index (χ1n) is 7.67. The van der Waals surface area contributed by atoms with E-state index < -0.39 is 35.7 Å². The number of carboxylic acids is 2. The third-order valence-corrected chi connectivity index (χ3v) is 3.37. The molecule has 0 spiro atoms. The fraction of sp³-hybridized carbons (Fsp3) is 0.471. The Hall–Kier alpha value is -2.77. The van der Waals surface area contributed by atoms with Gasteiger partial charge in [0.1, 0.15) is 23.4 Å². The maximum absolute atomic E-state index is 12.4. The molecule has 8 nitrogen and oxygen atoms in total. The van der Waals surface area contributed by atoms with Crippen LogP contribution in [0.15, 0.2) is 24.3 Å². The van der Waals surface area contributed by atoms with Gasteiger partial charge in [0, 0.05) is 6.42 Å². The Morgan fingerprint density at radius 2 is 1.60 bits per heavy atom. The standard InChI is InChI=1S/C17H23NO7/c1-10(14(20)21)18(16(24)25-17(2,3)4)13(15(22)23)9-11-5-7-12(19)8-6-11/h5-8,10,13,19H,9H2,1-4H3,(H,20,21)(H,22,23)/t10?,13-/m0/s1. The van der Waals surface area contributed by atoms with E-state index in [1.807, 2.05) is 0 Å². The molecule has 0 aliphatic carbocycles. The molecule has 138 valence electrons. The quantitative estimate of drug-likeness (QED) is 0.715.